The Bertz CT molecular complexity index is 274. The third-order valence-corrected chi connectivity index (χ3v) is 4.82. The van der Waals surface area contributed by atoms with E-state index in [4.69, 9.17) is 5.73 Å². The lowest BCUT2D eigenvalue weighted by atomic mass is 9.99. The van der Waals surface area contributed by atoms with Gasteiger partial charge in [0.25, 0.3) is 0 Å². The van der Waals surface area contributed by atoms with E-state index in [-0.39, 0.29) is 12.1 Å². The van der Waals surface area contributed by atoms with E-state index in [0.717, 1.165) is 19.3 Å². The predicted octanol–water partition coefficient (Wildman–Crippen LogP) is 0.645. The van der Waals surface area contributed by atoms with Gasteiger partial charge in [-0.1, -0.05) is 6.92 Å². The second kappa shape index (κ2) is 5.87. The standard InChI is InChI=1S/C14H29N3O/c1-3-12-10-16(2)7-4-8-17(12)13-5-6-14(15,9-13)11-18/h12-13,18H,3-11,15H2,1-2H3. The van der Waals surface area contributed by atoms with Crippen LogP contribution in [0.2, 0.25) is 0 Å². The van der Waals surface area contributed by atoms with E-state index in [1.165, 1.54) is 32.5 Å². The molecule has 0 amide bonds. The highest BCUT2D eigenvalue weighted by molar-refractivity contribution is 4.98. The van der Waals surface area contributed by atoms with E-state index in [9.17, 15) is 5.11 Å². The summed E-state index contributed by atoms with van der Waals surface area (Å²) >= 11 is 0. The van der Waals surface area contributed by atoms with Gasteiger partial charge >= 0.3 is 0 Å². The summed E-state index contributed by atoms with van der Waals surface area (Å²) in [4.78, 5) is 5.12. The van der Waals surface area contributed by atoms with Gasteiger partial charge < -0.3 is 15.7 Å². The van der Waals surface area contributed by atoms with Crippen LogP contribution < -0.4 is 5.73 Å². The van der Waals surface area contributed by atoms with E-state index >= 15 is 0 Å². The normalized spacial score (nSPS) is 40.0. The van der Waals surface area contributed by atoms with Crippen LogP contribution in [0.1, 0.15) is 39.0 Å². The van der Waals surface area contributed by atoms with Crippen LogP contribution in [0.4, 0.5) is 0 Å². The molecular formula is C14H29N3O. The summed E-state index contributed by atoms with van der Waals surface area (Å²) in [6, 6.07) is 1.24. The Morgan fingerprint density at radius 3 is 2.78 bits per heavy atom. The second-order valence-corrected chi connectivity index (χ2v) is 6.33. The zero-order chi connectivity index (χ0) is 13.2. The third kappa shape index (κ3) is 3.05. The first-order valence-electron chi connectivity index (χ1n) is 7.42. The Morgan fingerprint density at radius 1 is 1.39 bits per heavy atom. The lowest BCUT2D eigenvalue weighted by Crippen LogP contribution is -2.48. The molecule has 0 bridgehead atoms. The van der Waals surface area contributed by atoms with Gasteiger partial charge in [0.1, 0.15) is 0 Å². The molecule has 0 radical (unpaired) electrons. The number of nitrogens with two attached hydrogens (primary N) is 1. The van der Waals surface area contributed by atoms with Gasteiger partial charge in [-0.3, -0.25) is 4.90 Å². The SMILES string of the molecule is CCC1CN(C)CCCN1C1CCC(N)(CO)C1. The van der Waals surface area contributed by atoms with Crippen LogP contribution in [0.3, 0.4) is 0 Å². The molecule has 1 saturated carbocycles. The summed E-state index contributed by atoms with van der Waals surface area (Å²) in [5, 5.41) is 9.41. The zero-order valence-corrected chi connectivity index (χ0v) is 11.9. The summed E-state index contributed by atoms with van der Waals surface area (Å²) < 4.78 is 0. The molecule has 1 heterocycles. The molecule has 1 saturated heterocycles. The van der Waals surface area contributed by atoms with Crippen molar-refractivity contribution in [3.8, 4) is 0 Å². The number of hydrogen-bond donors (Lipinski definition) is 2. The number of hydrogen-bond acceptors (Lipinski definition) is 4. The van der Waals surface area contributed by atoms with Gasteiger partial charge in [-0.25, -0.2) is 0 Å². The fourth-order valence-corrected chi connectivity index (χ4v) is 3.66. The van der Waals surface area contributed by atoms with Crippen LogP contribution in [0, 0.1) is 0 Å². The van der Waals surface area contributed by atoms with Crippen LogP contribution in [-0.4, -0.2) is 65.8 Å². The predicted molar refractivity (Wildman–Crippen MR) is 74.5 cm³/mol. The molecule has 3 N–H and O–H groups in total. The van der Waals surface area contributed by atoms with E-state index in [1.54, 1.807) is 0 Å². The molecule has 1 aliphatic carbocycles. The molecule has 0 aromatic heterocycles. The average Bonchev–Trinajstić information content (AvgIpc) is 2.65. The van der Waals surface area contributed by atoms with Crippen LogP contribution in [0.15, 0.2) is 0 Å². The molecule has 3 unspecified atom stereocenters. The van der Waals surface area contributed by atoms with Crippen molar-refractivity contribution in [3.05, 3.63) is 0 Å². The first kappa shape index (κ1) is 14.3. The average molecular weight is 255 g/mol. The van der Waals surface area contributed by atoms with Crippen molar-refractivity contribution in [1.82, 2.24) is 9.80 Å². The number of aliphatic hydroxyl groups excluding tert-OH is 1. The third-order valence-electron chi connectivity index (χ3n) is 4.82. The van der Waals surface area contributed by atoms with Crippen LogP contribution >= 0.6 is 0 Å². The van der Waals surface area contributed by atoms with Crippen molar-refractivity contribution in [3.63, 3.8) is 0 Å². The van der Waals surface area contributed by atoms with Crippen molar-refractivity contribution in [2.45, 2.75) is 56.7 Å². The largest absolute Gasteiger partial charge is 0.394 e. The summed E-state index contributed by atoms with van der Waals surface area (Å²) in [7, 11) is 2.22. The van der Waals surface area contributed by atoms with Crippen LogP contribution in [0.25, 0.3) is 0 Å². The molecule has 4 heteroatoms. The minimum atomic E-state index is -0.318. The van der Waals surface area contributed by atoms with Crippen molar-refractivity contribution in [2.75, 3.05) is 33.3 Å². The fourth-order valence-electron chi connectivity index (χ4n) is 3.66. The molecular weight excluding hydrogens is 226 g/mol. The van der Waals surface area contributed by atoms with E-state index < -0.39 is 0 Å². The number of aliphatic hydroxyl groups is 1. The minimum absolute atomic E-state index is 0.133. The maximum atomic E-state index is 9.41. The molecule has 1 aliphatic heterocycles. The van der Waals surface area contributed by atoms with Crippen LogP contribution in [0.5, 0.6) is 0 Å². The van der Waals surface area contributed by atoms with Gasteiger partial charge in [0.05, 0.1) is 6.61 Å². The van der Waals surface area contributed by atoms with Gasteiger partial charge in [-0.15, -0.1) is 0 Å². The Hall–Kier alpha value is -0.160. The maximum Gasteiger partial charge on any atom is 0.0611 e. The summed E-state index contributed by atoms with van der Waals surface area (Å²) in [6.07, 6.45) is 5.54. The molecule has 4 nitrogen and oxygen atoms in total. The fraction of sp³-hybridized carbons (Fsp3) is 1.00. The molecule has 0 aromatic carbocycles. The van der Waals surface area contributed by atoms with Crippen molar-refractivity contribution < 1.29 is 5.11 Å². The molecule has 0 spiro atoms. The zero-order valence-electron chi connectivity index (χ0n) is 11.9. The maximum absolute atomic E-state index is 9.41. The van der Waals surface area contributed by atoms with E-state index in [1.807, 2.05) is 0 Å². The molecule has 2 rings (SSSR count). The molecule has 0 aromatic rings. The topological polar surface area (TPSA) is 52.7 Å². The van der Waals surface area contributed by atoms with Crippen molar-refractivity contribution >= 4 is 0 Å². The van der Waals surface area contributed by atoms with Crippen molar-refractivity contribution in [1.29, 1.82) is 0 Å². The lowest BCUT2D eigenvalue weighted by Gasteiger charge is -2.36. The highest BCUT2D eigenvalue weighted by atomic mass is 16.3. The molecule has 106 valence electrons. The number of rotatable bonds is 3. The molecule has 2 aliphatic rings. The summed E-state index contributed by atoms with van der Waals surface area (Å²) in [5.41, 5.74) is 5.90. The Labute approximate surface area is 111 Å². The van der Waals surface area contributed by atoms with Gasteiger partial charge in [0.15, 0.2) is 0 Å². The summed E-state index contributed by atoms with van der Waals surface area (Å²) in [5.74, 6) is 0. The first-order chi connectivity index (χ1) is 8.58. The van der Waals surface area contributed by atoms with E-state index in [0.29, 0.717) is 12.1 Å². The van der Waals surface area contributed by atoms with Gasteiger partial charge in [-0.05, 0) is 52.2 Å². The first-order valence-corrected chi connectivity index (χ1v) is 7.42. The molecule has 3 atom stereocenters. The highest BCUT2D eigenvalue weighted by Crippen LogP contribution is 2.33. The minimum Gasteiger partial charge on any atom is -0.394 e. The lowest BCUT2D eigenvalue weighted by molar-refractivity contribution is 0.118. The quantitative estimate of drug-likeness (QED) is 0.777. The van der Waals surface area contributed by atoms with E-state index in [2.05, 4.69) is 23.8 Å². The monoisotopic (exact) mass is 255 g/mol. The Morgan fingerprint density at radius 2 is 2.17 bits per heavy atom. The highest BCUT2D eigenvalue weighted by Gasteiger charge is 2.40. The second-order valence-electron chi connectivity index (χ2n) is 6.33. The Kier molecular flexibility index (Phi) is 4.64. The van der Waals surface area contributed by atoms with Crippen molar-refractivity contribution in [2.24, 2.45) is 5.73 Å². The smallest absolute Gasteiger partial charge is 0.0611 e. The Balaban J connectivity index is 2.02. The number of nitrogens with zero attached hydrogens (tertiary/aromatic N) is 2. The van der Waals surface area contributed by atoms with Gasteiger partial charge in [0, 0.05) is 24.2 Å². The number of likely N-dealkylation sites (N-methyl/N-ethyl adjacent to an activating group) is 1. The molecule has 2 fully saturated rings. The van der Waals surface area contributed by atoms with Gasteiger partial charge in [-0.2, -0.15) is 0 Å². The summed E-state index contributed by atoms with van der Waals surface area (Å²) in [6.45, 7) is 5.98. The van der Waals surface area contributed by atoms with Crippen LogP contribution in [-0.2, 0) is 0 Å². The van der Waals surface area contributed by atoms with Gasteiger partial charge in [0.2, 0.25) is 0 Å². The molecule has 18 heavy (non-hydrogen) atoms.